The van der Waals surface area contributed by atoms with Crippen LogP contribution in [0.4, 0.5) is 5.82 Å². The Morgan fingerprint density at radius 3 is 3.07 bits per heavy atom. The minimum atomic E-state index is -0.423. The van der Waals surface area contributed by atoms with E-state index in [2.05, 4.69) is 10.3 Å². The van der Waals surface area contributed by atoms with Gasteiger partial charge < -0.3 is 15.8 Å². The van der Waals surface area contributed by atoms with Gasteiger partial charge in [-0.05, 0) is 13.0 Å². The van der Waals surface area contributed by atoms with E-state index in [1.165, 1.54) is 0 Å². The van der Waals surface area contributed by atoms with E-state index in [4.69, 9.17) is 10.5 Å². The molecule has 1 heterocycles. The number of anilines is 1. The predicted octanol–water partition coefficient (Wildman–Crippen LogP) is 0.377. The highest BCUT2D eigenvalue weighted by Gasteiger charge is 1.98. The normalized spacial score (nSPS) is 9.50. The van der Waals surface area contributed by atoms with Gasteiger partial charge in [0.15, 0.2) is 0 Å². The van der Waals surface area contributed by atoms with Gasteiger partial charge in [0.2, 0.25) is 11.8 Å². The summed E-state index contributed by atoms with van der Waals surface area (Å²) in [5.74, 6) is 0.685. The Kier molecular flexibility index (Phi) is 3.72. The van der Waals surface area contributed by atoms with Gasteiger partial charge in [-0.1, -0.05) is 6.07 Å². The van der Waals surface area contributed by atoms with Gasteiger partial charge in [0.25, 0.3) is 0 Å². The van der Waals surface area contributed by atoms with Gasteiger partial charge in [-0.15, -0.1) is 0 Å². The zero-order chi connectivity index (χ0) is 10.4. The van der Waals surface area contributed by atoms with Crippen LogP contribution in [0.1, 0.15) is 6.92 Å². The van der Waals surface area contributed by atoms with Crippen molar-refractivity contribution in [3.63, 3.8) is 0 Å². The average Bonchev–Trinajstić information content (AvgIpc) is 2.16. The van der Waals surface area contributed by atoms with Crippen molar-refractivity contribution in [2.45, 2.75) is 6.92 Å². The van der Waals surface area contributed by atoms with Gasteiger partial charge in [0.05, 0.1) is 13.2 Å². The van der Waals surface area contributed by atoms with Gasteiger partial charge in [-0.2, -0.15) is 4.98 Å². The molecule has 0 saturated heterocycles. The third-order valence-corrected chi connectivity index (χ3v) is 1.46. The van der Waals surface area contributed by atoms with Crippen LogP contribution in [0.3, 0.4) is 0 Å². The summed E-state index contributed by atoms with van der Waals surface area (Å²) in [6.45, 7) is 2.51. The van der Waals surface area contributed by atoms with Crippen LogP contribution in [0.25, 0.3) is 0 Å². The van der Waals surface area contributed by atoms with Crippen molar-refractivity contribution in [2.24, 2.45) is 5.73 Å². The molecule has 0 aliphatic rings. The molecule has 5 nitrogen and oxygen atoms in total. The smallest absolute Gasteiger partial charge is 0.236 e. The fraction of sp³-hybridized carbons (Fsp3) is 0.333. The average molecular weight is 195 g/mol. The number of hydrogen-bond donors (Lipinski definition) is 2. The molecule has 0 atom stereocenters. The van der Waals surface area contributed by atoms with Crippen LogP contribution in [-0.2, 0) is 4.79 Å². The molecule has 1 aromatic rings. The Bertz CT molecular complexity index is 315. The number of rotatable bonds is 5. The molecule has 0 saturated carbocycles. The first-order chi connectivity index (χ1) is 6.72. The molecule has 0 spiro atoms. The van der Waals surface area contributed by atoms with Crippen LogP contribution < -0.4 is 15.8 Å². The lowest BCUT2D eigenvalue weighted by atomic mass is 10.4. The Labute approximate surface area is 82.3 Å². The number of nitrogens with two attached hydrogens (primary N) is 1. The maximum absolute atomic E-state index is 10.5. The molecule has 0 fully saturated rings. The molecule has 14 heavy (non-hydrogen) atoms. The number of primary amides is 1. The second-order valence-corrected chi connectivity index (χ2v) is 2.61. The Morgan fingerprint density at radius 2 is 2.43 bits per heavy atom. The summed E-state index contributed by atoms with van der Waals surface area (Å²) >= 11 is 0. The third-order valence-electron chi connectivity index (χ3n) is 1.46. The van der Waals surface area contributed by atoms with E-state index >= 15 is 0 Å². The number of ether oxygens (including phenoxy) is 1. The second kappa shape index (κ2) is 5.06. The molecule has 0 aliphatic heterocycles. The first kappa shape index (κ1) is 10.3. The third kappa shape index (κ3) is 3.30. The van der Waals surface area contributed by atoms with Gasteiger partial charge in [-0.3, -0.25) is 4.79 Å². The number of carbonyl (C=O) groups is 1. The molecule has 3 N–H and O–H groups in total. The van der Waals surface area contributed by atoms with Crippen LogP contribution >= 0.6 is 0 Å². The molecular weight excluding hydrogens is 182 g/mol. The summed E-state index contributed by atoms with van der Waals surface area (Å²) in [6.07, 6.45) is 0. The first-order valence-electron chi connectivity index (χ1n) is 4.34. The molecule has 1 amide bonds. The van der Waals surface area contributed by atoms with Crippen LogP contribution in [0.2, 0.25) is 0 Å². The van der Waals surface area contributed by atoms with Crippen LogP contribution in [0.5, 0.6) is 5.88 Å². The number of carbonyl (C=O) groups excluding carboxylic acids is 1. The van der Waals surface area contributed by atoms with Crippen LogP contribution in [-0.4, -0.2) is 24.0 Å². The van der Waals surface area contributed by atoms with E-state index in [9.17, 15) is 4.79 Å². The lowest BCUT2D eigenvalue weighted by Crippen LogP contribution is -2.22. The first-order valence-corrected chi connectivity index (χ1v) is 4.34. The van der Waals surface area contributed by atoms with Crippen molar-refractivity contribution >= 4 is 11.7 Å². The fourth-order valence-electron chi connectivity index (χ4n) is 0.919. The van der Waals surface area contributed by atoms with Crippen LogP contribution in [0, 0.1) is 0 Å². The molecule has 0 radical (unpaired) electrons. The molecule has 0 aromatic carbocycles. The summed E-state index contributed by atoms with van der Waals surface area (Å²) in [6, 6.07) is 5.28. The molecule has 1 rings (SSSR count). The predicted molar refractivity (Wildman–Crippen MR) is 53.1 cm³/mol. The highest BCUT2D eigenvalue weighted by molar-refractivity contribution is 5.78. The van der Waals surface area contributed by atoms with Crippen molar-refractivity contribution in [3.05, 3.63) is 18.2 Å². The molecule has 0 unspecified atom stereocenters. The Hall–Kier alpha value is -1.78. The molecule has 0 aliphatic carbocycles. The van der Waals surface area contributed by atoms with E-state index < -0.39 is 5.91 Å². The van der Waals surface area contributed by atoms with Crippen molar-refractivity contribution in [3.8, 4) is 5.88 Å². The highest BCUT2D eigenvalue weighted by Crippen LogP contribution is 2.10. The minimum absolute atomic E-state index is 0.0720. The largest absolute Gasteiger partial charge is 0.478 e. The van der Waals surface area contributed by atoms with E-state index in [1.54, 1.807) is 18.2 Å². The molecule has 5 heteroatoms. The van der Waals surface area contributed by atoms with Crippen LogP contribution in [0.15, 0.2) is 18.2 Å². The van der Waals surface area contributed by atoms with Crippen molar-refractivity contribution in [1.29, 1.82) is 0 Å². The Morgan fingerprint density at radius 1 is 1.64 bits per heavy atom. The standard InChI is InChI=1S/C9H13N3O2/c1-2-14-9-5-3-4-8(12-9)11-6-7(10)13/h3-5H,2,6H2,1H3,(H2,10,13)(H,11,12). The second-order valence-electron chi connectivity index (χ2n) is 2.61. The topological polar surface area (TPSA) is 77.2 Å². The van der Waals surface area contributed by atoms with Gasteiger partial charge >= 0.3 is 0 Å². The number of nitrogens with zero attached hydrogens (tertiary/aromatic N) is 1. The SMILES string of the molecule is CCOc1cccc(NCC(N)=O)n1. The maximum atomic E-state index is 10.5. The van der Waals surface area contributed by atoms with Crippen molar-refractivity contribution in [2.75, 3.05) is 18.5 Å². The summed E-state index contributed by atoms with van der Waals surface area (Å²) < 4.78 is 5.19. The molecular formula is C9H13N3O2. The monoisotopic (exact) mass is 195 g/mol. The quantitative estimate of drug-likeness (QED) is 0.712. The number of hydrogen-bond acceptors (Lipinski definition) is 4. The number of nitrogens with one attached hydrogen (secondary N) is 1. The molecule has 76 valence electrons. The van der Waals surface area contributed by atoms with E-state index in [-0.39, 0.29) is 6.54 Å². The molecule has 0 bridgehead atoms. The number of aromatic nitrogens is 1. The summed E-state index contributed by atoms with van der Waals surface area (Å²) in [7, 11) is 0. The lowest BCUT2D eigenvalue weighted by molar-refractivity contribution is -0.116. The lowest BCUT2D eigenvalue weighted by Gasteiger charge is -2.05. The van der Waals surface area contributed by atoms with E-state index in [0.29, 0.717) is 18.3 Å². The number of pyridine rings is 1. The highest BCUT2D eigenvalue weighted by atomic mass is 16.5. The summed E-state index contributed by atoms with van der Waals surface area (Å²) in [4.78, 5) is 14.6. The zero-order valence-corrected chi connectivity index (χ0v) is 7.99. The fourth-order valence-corrected chi connectivity index (χ4v) is 0.919. The van der Waals surface area contributed by atoms with Gasteiger partial charge in [0.1, 0.15) is 5.82 Å². The number of amides is 1. The van der Waals surface area contributed by atoms with Crippen molar-refractivity contribution in [1.82, 2.24) is 4.98 Å². The van der Waals surface area contributed by atoms with E-state index in [0.717, 1.165) is 0 Å². The van der Waals surface area contributed by atoms with Crippen molar-refractivity contribution < 1.29 is 9.53 Å². The minimum Gasteiger partial charge on any atom is -0.478 e. The van der Waals surface area contributed by atoms with Gasteiger partial charge in [0, 0.05) is 6.07 Å². The molecule has 1 aromatic heterocycles. The summed E-state index contributed by atoms with van der Waals surface area (Å²) in [5.41, 5.74) is 4.98. The van der Waals surface area contributed by atoms with Gasteiger partial charge in [-0.25, -0.2) is 0 Å². The Balaban J connectivity index is 2.58. The zero-order valence-electron chi connectivity index (χ0n) is 7.99. The summed E-state index contributed by atoms with van der Waals surface area (Å²) in [5, 5.41) is 2.78. The van der Waals surface area contributed by atoms with E-state index in [1.807, 2.05) is 6.92 Å². The maximum Gasteiger partial charge on any atom is 0.236 e.